The lowest BCUT2D eigenvalue weighted by Gasteiger charge is -2.09. The van der Waals surface area contributed by atoms with Crippen molar-refractivity contribution in [2.75, 3.05) is 5.32 Å². The molecule has 0 atom stereocenters. The quantitative estimate of drug-likeness (QED) is 0.867. The van der Waals surface area contributed by atoms with Gasteiger partial charge in [0.05, 0.1) is 5.02 Å². The second-order valence-corrected chi connectivity index (χ2v) is 6.13. The van der Waals surface area contributed by atoms with Crippen LogP contribution in [-0.2, 0) is 0 Å². The predicted molar refractivity (Wildman–Crippen MR) is 81.5 cm³/mol. The van der Waals surface area contributed by atoms with Crippen LogP contribution in [0.4, 0.5) is 5.69 Å². The average Bonchev–Trinajstić information content (AvgIpc) is 3.17. The first-order chi connectivity index (χ1) is 9.54. The van der Waals surface area contributed by atoms with Crippen molar-refractivity contribution in [1.82, 2.24) is 4.57 Å². The summed E-state index contributed by atoms with van der Waals surface area (Å²) in [5.74, 6) is -0.257. The van der Waals surface area contributed by atoms with Gasteiger partial charge in [0, 0.05) is 28.5 Å². The van der Waals surface area contributed by atoms with Crippen molar-refractivity contribution in [3.8, 4) is 5.75 Å². The van der Waals surface area contributed by atoms with E-state index in [4.69, 9.17) is 11.6 Å². The highest BCUT2D eigenvalue weighted by atomic mass is 79.9. The highest BCUT2D eigenvalue weighted by molar-refractivity contribution is 9.10. The summed E-state index contributed by atoms with van der Waals surface area (Å²) < 4.78 is 2.86. The molecule has 1 saturated carbocycles. The van der Waals surface area contributed by atoms with Crippen molar-refractivity contribution < 1.29 is 9.90 Å². The zero-order valence-corrected chi connectivity index (χ0v) is 12.8. The molecule has 0 unspecified atom stereocenters. The zero-order chi connectivity index (χ0) is 14.3. The Morgan fingerprint density at radius 3 is 2.80 bits per heavy atom. The van der Waals surface area contributed by atoms with Crippen LogP contribution in [-0.4, -0.2) is 15.6 Å². The third kappa shape index (κ3) is 2.69. The molecule has 2 N–H and O–H groups in total. The number of phenolic OH excluding ortho intramolecular Hbond substituents is 1. The first-order valence-corrected chi connectivity index (χ1v) is 7.39. The van der Waals surface area contributed by atoms with Crippen molar-refractivity contribution in [2.45, 2.75) is 18.9 Å². The predicted octanol–water partition coefficient (Wildman–Crippen LogP) is 4.20. The fraction of sp³-hybridized carbons (Fsp3) is 0.214. The third-order valence-corrected chi connectivity index (χ3v) is 3.95. The van der Waals surface area contributed by atoms with Gasteiger partial charge >= 0.3 is 0 Å². The number of carbonyl (C=O) groups is 1. The van der Waals surface area contributed by atoms with Gasteiger partial charge in [0.2, 0.25) is 0 Å². The number of hydrogen-bond donors (Lipinski definition) is 2. The summed E-state index contributed by atoms with van der Waals surface area (Å²) in [5.41, 5.74) is 1.12. The van der Waals surface area contributed by atoms with Crippen LogP contribution >= 0.6 is 27.5 Å². The molecular formula is C14H12BrClN2O2. The number of anilines is 1. The number of aromatic nitrogens is 1. The normalized spacial score (nSPS) is 14.3. The smallest absolute Gasteiger partial charge is 0.272 e. The summed E-state index contributed by atoms with van der Waals surface area (Å²) in [4.78, 5) is 12.3. The van der Waals surface area contributed by atoms with Crippen LogP contribution in [0.3, 0.4) is 0 Å². The van der Waals surface area contributed by atoms with Crippen LogP contribution in [0.25, 0.3) is 0 Å². The van der Waals surface area contributed by atoms with Gasteiger partial charge in [0.1, 0.15) is 11.4 Å². The summed E-state index contributed by atoms with van der Waals surface area (Å²) in [6.07, 6.45) is 4.12. The Morgan fingerprint density at radius 1 is 1.40 bits per heavy atom. The van der Waals surface area contributed by atoms with Gasteiger partial charge in [-0.1, -0.05) is 11.6 Å². The molecular weight excluding hydrogens is 344 g/mol. The lowest BCUT2D eigenvalue weighted by Crippen LogP contribution is -2.16. The van der Waals surface area contributed by atoms with Crippen LogP contribution in [0.15, 0.2) is 34.9 Å². The molecule has 1 aliphatic carbocycles. The number of halogens is 2. The lowest BCUT2D eigenvalue weighted by atomic mass is 10.3. The second-order valence-electron chi connectivity index (χ2n) is 4.80. The molecule has 1 aliphatic rings. The minimum Gasteiger partial charge on any atom is -0.506 e. The molecule has 6 heteroatoms. The molecule has 1 aromatic carbocycles. The topological polar surface area (TPSA) is 54.3 Å². The van der Waals surface area contributed by atoms with Gasteiger partial charge in [-0.25, -0.2) is 0 Å². The van der Waals surface area contributed by atoms with Gasteiger partial charge in [0.25, 0.3) is 5.91 Å². The van der Waals surface area contributed by atoms with Gasteiger partial charge in [-0.15, -0.1) is 0 Å². The Bertz CT molecular complexity index is 680. The number of carbonyl (C=O) groups excluding carboxylic acids is 1. The first kappa shape index (κ1) is 13.5. The lowest BCUT2D eigenvalue weighted by molar-refractivity contribution is 0.101. The molecule has 0 aliphatic heterocycles. The molecule has 1 aromatic heterocycles. The minimum atomic E-state index is -0.204. The minimum absolute atomic E-state index is 0.0526. The van der Waals surface area contributed by atoms with Gasteiger partial charge in [-0.05, 0) is 47.0 Å². The Labute approximate surface area is 129 Å². The van der Waals surface area contributed by atoms with Crippen molar-refractivity contribution in [1.29, 1.82) is 0 Å². The number of nitrogens with one attached hydrogen (secondary N) is 1. The van der Waals surface area contributed by atoms with Crippen molar-refractivity contribution in [3.05, 3.63) is 45.7 Å². The van der Waals surface area contributed by atoms with Crippen molar-refractivity contribution in [3.63, 3.8) is 0 Å². The van der Waals surface area contributed by atoms with Crippen LogP contribution in [0.1, 0.15) is 29.4 Å². The highest BCUT2D eigenvalue weighted by Gasteiger charge is 2.27. The summed E-state index contributed by atoms with van der Waals surface area (Å²) in [7, 11) is 0. The van der Waals surface area contributed by atoms with Crippen LogP contribution in [0, 0.1) is 0 Å². The Hall–Kier alpha value is -1.46. The number of nitrogens with zero attached hydrogens (tertiary/aromatic N) is 1. The number of rotatable bonds is 3. The van der Waals surface area contributed by atoms with Crippen LogP contribution in [0.5, 0.6) is 5.75 Å². The largest absolute Gasteiger partial charge is 0.506 e. The number of benzene rings is 1. The molecule has 2 aromatic rings. The fourth-order valence-corrected chi connectivity index (χ4v) is 2.62. The number of aromatic hydroxyl groups is 1. The summed E-state index contributed by atoms with van der Waals surface area (Å²) in [6, 6.07) is 6.84. The van der Waals surface area contributed by atoms with E-state index in [9.17, 15) is 9.90 Å². The first-order valence-electron chi connectivity index (χ1n) is 6.22. The molecule has 0 saturated heterocycles. The molecule has 0 radical (unpaired) electrons. The Morgan fingerprint density at radius 2 is 2.15 bits per heavy atom. The van der Waals surface area contributed by atoms with E-state index in [1.807, 2.05) is 10.8 Å². The zero-order valence-electron chi connectivity index (χ0n) is 10.4. The van der Waals surface area contributed by atoms with E-state index < -0.39 is 0 Å². The van der Waals surface area contributed by atoms with Gasteiger partial charge in [0.15, 0.2) is 0 Å². The second kappa shape index (κ2) is 5.14. The molecule has 104 valence electrons. The van der Waals surface area contributed by atoms with E-state index in [0.717, 1.165) is 17.3 Å². The average molecular weight is 356 g/mol. The van der Waals surface area contributed by atoms with Crippen molar-refractivity contribution in [2.24, 2.45) is 0 Å². The van der Waals surface area contributed by atoms with E-state index in [2.05, 4.69) is 21.2 Å². The van der Waals surface area contributed by atoms with E-state index in [0.29, 0.717) is 17.4 Å². The highest BCUT2D eigenvalue weighted by Crippen LogP contribution is 2.37. The van der Waals surface area contributed by atoms with E-state index in [-0.39, 0.29) is 16.7 Å². The molecule has 1 heterocycles. The molecule has 3 rings (SSSR count). The van der Waals surface area contributed by atoms with E-state index >= 15 is 0 Å². The molecule has 0 spiro atoms. The summed E-state index contributed by atoms with van der Waals surface area (Å²) >= 11 is 9.14. The van der Waals surface area contributed by atoms with E-state index in [1.54, 1.807) is 18.2 Å². The molecule has 4 nitrogen and oxygen atoms in total. The van der Waals surface area contributed by atoms with Gasteiger partial charge in [-0.3, -0.25) is 4.79 Å². The van der Waals surface area contributed by atoms with Gasteiger partial charge in [-0.2, -0.15) is 0 Å². The maximum absolute atomic E-state index is 12.3. The van der Waals surface area contributed by atoms with Crippen LogP contribution < -0.4 is 5.32 Å². The van der Waals surface area contributed by atoms with E-state index in [1.165, 1.54) is 6.07 Å². The Kier molecular flexibility index (Phi) is 3.48. The standard InChI is InChI=1S/C14H12BrClN2O2/c15-8-5-12(18(7-8)10-2-3-10)14(20)17-9-1-4-11(16)13(19)6-9/h1,4-7,10,19H,2-3H2,(H,17,20). The Balaban J connectivity index is 1.84. The summed E-state index contributed by atoms with van der Waals surface area (Å²) in [5, 5.41) is 12.6. The maximum Gasteiger partial charge on any atom is 0.272 e. The third-order valence-electron chi connectivity index (χ3n) is 3.19. The molecule has 1 fully saturated rings. The number of hydrogen-bond acceptors (Lipinski definition) is 2. The van der Waals surface area contributed by atoms with Crippen molar-refractivity contribution >= 4 is 39.1 Å². The number of amides is 1. The molecule has 20 heavy (non-hydrogen) atoms. The van der Waals surface area contributed by atoms with Crippen LogP contribution in [0.2, 0.25) is 5.02 Å². The SMILES string of the molecule is O=C(Nc1ccc(Cl)c(O)c1)c1cc(Br)cn1C1CC1. The fourth-order valence-electron chi connectivity index (χ4n) is 2.07. The maximum atomic E-state index is 12.3. The van der Waals surface area contributed by atoms with Gasteiger partial charge < -0.3 is 15.0 Å². The number of phenols is 1. The monoisotopic (exact) mass is 354 g/mol. The molecule has 0 bridgehead atoms. The molecule has 1 amide bonds. The summed E-state index contributed by atoms with van der Waals surface area (Å²) in [6.45, 7) is 0.